The van der Waals surface area contributed by atoms with Crippen LogP contribution in [0.25, 0.3) is 5.69 Å². The van der Waals surface area contributed by atoms with Crippen LogP contribution >= 0.6 is 11.6 Å². The number of aromatic nitrogens is 1. The molecule has 0 saturated heterocycles. The largest absolute Gasteiger partial charge is 0.492 e. The monoisotopic (exact) mass is 337 g/mol. The zero-order valence-electron chi connectivity index (χ0n) is 11.6. The van der Waals surface area contributed by atoms with Crippen LogP contribution in [0.2, 0.25) is 5.02 Å². The van der Waals surface area contributed by atoms with E-state index in [1.54, 1.807) is 0 Å². The second-order valence-corrected chi connectivity index (χ2v) is 5.10. The van der Waals surface area contributed by atoms with Crippen LogP contribution in [0.4, 0.5) is 10.2 Å². The molecule has 118 valence electrons. The third-order valence-electron chi connectivity index (χ3n) is 3.43. The van der Waals surface area contributed by atoms with Crippen LogP contribution in [0, 0.1) is 5.82 Å². The number of ether oxygens (including phenoxy) is 1. The van der Waals surface area contributed by atoms with E-state index in [0.717, 1.165) is 10.6 Å². The van der Waals surface area contributed by atoms with Gasteiger partial charge in [-0.1, -0.05) is 11.6 Å². The summed E-state index contributed by atoms with van der Waals surface area (Å²) in [7, 11) is 1.22. The minimum Gasteiger partial charge on any atom is -0.492 e. The van der Waals surface area contributed by atoms with E-state index >= 15 is 0 Å². The molecule has 0 aliphatic carbocycles. The Bertz CT molecular complexity index is 939. The summed E-state index contributed by atoms with van der Waals surface area (Å²) in [5.41, 5.74) is 4.49. The zero-order valence-corrected chi connectivity index (χ0v) is 12.4. The fraction of sp³-hybridized carbons (Fsp3) is 0.0714. The number of methoxy groups -OCH3 is 1. The van der Waals surface area contributed by atoms with Crippen molar-refractivity contribution < 1.29 is 18.7 Å². The van der Waals surface area contributed by atoms with Crippen LogP contribution in [0.3, 0.4) is 0 Å². The molecule has 0 radical (unpaired) electrons. The average molecular weight is 338 g/mol. The molecule has 0 atom stereocenters. The first-order valence-electron chi connectivity index (χ1n) is 6.30. The molecule has 3 N–H and O–H groups in total. The molecular weight excluding hydrogens is 329 g/mol. The Labute approximate surface area is 133 Å². The fourth-order valence-electron chi connectivity index (χ4n) is 2.41. The third-order valence-corrected chi connectivity index (χ3v) is 3.72. The van der Waals surface area contributed by atoms with Gasteiger partial charge in [0.15, 0.2) is 11.6 Å². The van der Waals surface area contributed by atoms with Crippen LogP contribution in [0.5, 0.6) is 5.75 Å². The highest BCUT2D eigenvalue weighted by Gasteiger charge is 2.32. The Morgan fingerprint density at radius 3 is 2.61 bits per heavy atom. The molecule has 0 saturated carbocycles. The smallest absolute Gasteiger partial charge is 0.262 e. The number of nitrogen functional groups attached to an aromatic ring is 1. The SMILES string of the molecule is COc1c(Cl)ccc(-n2c(N)c3c(cc2=O)C(=O)NC3=O)c1F. The van der Waals surface area contributed by atoms with Gasteiger partial charge < -0.3 is 10.5 Å². The number of fused-ring (bicyclic) bond motifs is 1. The number of nitrogens with one attached hydrogen (secondary N) is 1. The van der Waals surface area contributed by atoms with Crippen LogP contribution in [-0.4, -0.2) is 23.5 Å². The number of anilines is 1. The quantitative estimate of drug-likeness (QED) is 0.799. The number of nitrogens with two attached hydrogens (primary N) is 1. The zero-order chi connectivity index (χ0) is 16.9. The van der Waals surface area contributed by atoms with Crippen molar-refractivity contribution in [3.63, 3.8) is 0 Å². The van der Waals surface area contributed by atoms with Gasteiger partial charge in [0.25, 0.3) is 17.4 Å². The van der Waals surface area contributed by atoms with E-state index in [9.17, 15) is 18.8 Å². The number of hydrogen-bond acceptors (Lipinski definition) is 5. The molecule has 7 nitrogen and oxygen atoms in total. The van der Waals surface area contributed by atoms with Crippen molar-refractivity contribution in [2.75, 3.05) is 12.8 Å². The summed E-state index contributed by atoms with van der Waals surface area (Å²) < 4.78 is 20.1. The van der Waals surface area contributed by atoms with Crippen LogP contribution in [0.15, 0.2) is 23.0 Å². The van der Waals surface area contributed by atoms with E-state index in [2.05, 4.69) is 0 Å². The Hall–Kier alpha value is -2.87. The molecule has 1 aromatic carbocycles. The fourth-order valence-corrected chi connectivity index (χ4v) is 2.63. The lowest BCUT2D eigenvalue weighted by Crippen LogP contribution is -2.25. The minimum atomic E-state index is -0.918. The summed E-state index contributed by atoms with van der Waals surface area (Å²) >= 11 is 5.81. The summed E-state index contributed by atoms with van der Waals surface area (Å²) in [5.74, 6) is -3.01. The van der Waals surface area contributed by atoms with Gasteiger partial charge in [-0.25, -0.2) is 4.39 Å². The molecule has 1 aliphatic heterocycles. The average Bonchev–Trinajstić information content (AvgIpc) is 2.76. The normalized spacial score (nSPS) is 13.0. The number of pyridine rings is 1. The Morgan fingerprint density at radius 2 is 1.96 bits per heavy atom. The van der Waals surface area contributed by atoms with Gasteiger partial charge in [0.2, 0.25) is 0 Å². The molecule has 2 heterocycles. The van der Waals surface area contributed by atoms with E-state index in [0.29, 0.717) is 0 Å². The highest BCUT2D eigenvalue weighted by Crippen LogP contribution is 2.32. The number of halogens is 2. The minimum absolute atomic E-state index is 0.00875. The van der Waals surface area contributed by atoms with Gasteiger partial charge in [-0.15, -0.1) is 0 Å². The van der Waals surface area contributed by atoms with E-state index < -0.39 is 23.2 Å². The molecule has 23 heavy (non-hydrogen) atoms. The number of hydrogen-bond donors (Lipinski definition) is 2. The molecule has 0 bridgehead atoms. The second kappa shape index (κ2) is 5.10. The lowest BCUT2D eigenvalue weighted by Gasteiger charge is -2.14. The van der Waals surface area contributed by atoms with Crippen molar-refractivity contribution in [1.82, 2.24) is 9.88 Å². The summed E-state index contributed by atoms with van der Waals surface area (Å²) in [4.78, 5) is 35.6. The predicted octanol–water partition coefficient (Wildman–Crippen LogP) is 1.10. The van der Waals surface area contributed by atoms with Crippen LogP contribution in [-0.2, 0) is 0 Å². The van der Waals surface area contributed by atoms with E-state index in [-0.39, 0.29) is 33.4 Å². The van der Waals surface area contributed by atoms with Crippen molar-refractivity contribution in [2.24, 2.45) is 0 Å². The number of nitrogens with zero attached hydrogens (tertiary/aromatic N) is 1. The first-order valence-corrected chi connectivity index (χ1v) is 6.68. The van der Waals surface area contributed by atoms with E-state index in [4.69, 9.17) is 22.1 Å². The number of carbonyl (C=O) groups is 2. The molecule has 2 amide bonds. The van der Waals surface area contributed by atoms with Gasteiger partial charge in [-0.3, -0.25) is 24.3 Å². The van der Waals surface area contributed by atoms with E-state index in [1.165, 1.54) is 19.2 Å². The highest BCUT2D eigenvalue weighted by molar-refractivity contribution is 6.32. The lowest BCUT2D eigenvalue weighted by molar-refractivity contribution is 0.0880. The summed E-state index contributed by atoms with van der Waals surface area (Å²) in [6, 6.07) is 3.47. The van der Waals surface area contributed by atoms with Crippen LogP contribution < -0.4 is 21.3 Å². The van der Waals surface area contributed by atoms with Crippen LogP contribution in [0.1, 0.15) is 20.7 Å². The maximum Gasteiger partial charge on any atom is 0.262 e. The van der Waals surface area contributed by atoms with Gasteiger partial charge in [0, 0.05) is 6.07 Å². The van der Waals surface area contributed by atoms with Crippen molar-refractivity contribution in [1.29, 1.82) is 0 Å². The van der Waals surface area contributed by atoms with Gasteiger partial charge in [0.05, 0.1) is 28.9 Å². The first-order chi connectivity index (χ1) is 10.9. The predicted molar refractivity (Wildman–Crippen MR) is 79.8 cm³/mol. The van der Waals surface area contributed by atoms with Crippen molar-refractivity contribution in [3.05, 3.63) is 50.5 Å². The number of rotatable bonds is 2. The first kappa shape index (κ1) is 15.0. The number of amides is 2. The molecule has 3 rings (SSSR count). The highest BCUT2D eigenvalue weighted by atomic mass is 35.5. The Morgan fingerprint density at radius 1 is 1.26 bits per heavy atom. The standard InChI is InChI=1S/C14H9ClFN3O4/c1-23-11-6(15)2-3-7(10(11)16)19-8(20)4-5-9(12(19)17)14(22)18-13(5)21/h2-4H,17H2,1H3,(H,18,21,22). The second-order valence-electron chi connectivity index (χ2n) is 4.69. The summed E-state index contributed by atoms with van der Waals surface area (Å²) in [6.45, 7) is 0. The Balaban J connectivity index is 2.36. The van der Waals surface area contributed by atoms with E-state index in [1.807, 2.05) is 5.32 Å². The summed E-state index contributed by atoms with van der Waals surface area (Å²) in [6.07, 6.45) is 0. The van der Waals surface area contributed by atoms with Crippen molar-refractivity contribution >= 4 is 29.2 Å². The molecule has 2 aromatic rings. The van der Waals surface area contributed by atoms with Crippen molar-refractivity contribution in [2.45, 2.75) is 0 Å². The molecule has 1 aromatic heterocycles. The third kappa shape index (κ3) is 2.07. The van der Waals surface area contributed by atoms with Crippen molar-refractivity contribution in [3.8, 4) is 11.4 Å². The maximum absolute atomic E-state index is 14.5. The lowest BCUT2D eigenvalue weighted by atomic mass is 10.1. The molecule has 0 unspecified atom stereocenters. The molecule has 0 spiro atoms. The topological polar surface area (TPSA) is 103 Å². The maximum atomic E-state index is 14.5. The number of benzene rings is 1. The summed E-state index contributed by atoms with van der Waals surface area (Å²) in [5, 5.41) is 2.03. The van der Waals surface area contributed by atoms with Gasteiger partial charge in [-0.2, -0.15) is 0 Å². The molecular formula is C14H9ClFN3O4. The Kier molecular flexibility index (Phi) is 3.33. The van der Waals surface area contributed by atoms with Gasteiger partial charge in [-0.05, 0) is 12.1 Å². The van der Waals surface area contributed by atoms with Gasteiger partial charge in [0.1, 0.15) is 5.82 Å². The van der Waals surface area contributed by atoms with Gasteiger partial charge >= 0.3 is 0 Å². The molecule has 1 aliphatic rings. The number of imide groups is 1. The molecule has 9 heteroatoms. The number of carbonyl (C=O) groups excluding carboxylic acids is 2. The molecule has 0 fully saturated rings.